The topological polar surface area (TPSA) is 15.3 Å². The molecule has 0 fully saturated rings. The summed E-state index contributed by atoms with van der Waals surface area (Å²) >= 11 is 0. The fraction of sp³-hybridized carbons (Fsp3) is 0.368. The second kappa shape index (κ2) is 7.28. The Hall–Kier alpha value is -1.80. The molecule has 21 heavy (non-hydrogen) atoms. The molecule has 112 valence electrons. The van der Waals surface area contributed by atoms with E-state index in [1.807, 2.05) is 7.05 Å². The molecule has 1 unspecified atom stereocenters. The van der Waals surface area contributed by atoms with E-state index in [0.29, 0.717) is 6.04 Å². The molecule has 2 rings (SSSR count). The minimum absolute atomic E-state index is 0.337. The number of benzene rings is 2. The van der Waals surface area contributed by atoms with Crippen LogP contribution >= 0.6 is 0 Å². The molecule has 2 nitrogen and oxygen atoms in total. The number of likely N-dealkylation sites (N-methyl/N-ethyl adjacent to an activating group) is 2. The number of nitrogens with one attached hydrogen (secondary N) is 1. The van der Waals surface area contributed by atoms with E-state index in [1.165, 1.54) is 22.4 Å². The maximum atomic E-state index is 3.47. The van der Waals surface area contributed by atoms with Crippen molar-refractivity contribution >= 4 is 5.69 Å². The molecular formula is C19H26N2. The van der Waals surface area contributed by atoms with E-state index in [0.717, 1.165) is 13.1 Å². The summed E-state index contributed by atoms with van der Waals surface area (Å²) in [5, 5.41) is 3.47. The van der Waals surface area contributed by atoms with Gasteiger partial charge in [-0.05, 0) is 45.5 Å². The average molecular weight is 282 g/mol. The second-order valence-electron chi connectivity index (χ2n) is 5.64. The van der Waals surface area contributed by atoms with Gasteiger partial charge >= 0.3 is 0 Å². The van der Waals surface area contributed by atoms with Gasteiger partial charge in [-0.1, -0.05) is 47.5 Å². The van der Waals surface area contributed by atoms with Gasteiger partial charge in [0.1, 0.15) is 0 Å². The maximum absolute atomic E-state index is 3.47. The third-order valence-corrected chi connectivity index (χ3v) is 3.90. The fourth-order valence-corrected chi connectivity index (χ4v) is 2.85. The van der Waals surface area contributed by atoms with Crippen LogP contribution in [0.2, 0.25) is 0 Å². The summed E-state index contributed by atoms with van der Waals surface area (Å²) in [5.74, 6) is 0. The van der Waals surface area contributed by atoms with Crippen LogP contribution in [0.15, 0.2) is 48.5 Å². The van der Waals surface area contributed by atoms with Crippen molar-refractivity contribution in [3.8, 4) is 0 Å². The van der Waals surface area contributed by atoms with Crippen molar-refractivity contribution in [3.63, 3.8) is 0 Å². The first-order valence-corrected chi connectivity index (χ1v) is 7.69. The van der Waals surface area contributed by atoms with Gasteiger partial charge in [-0.25, -0.2) is 0 Å². The number of anilines is 1. The van der Waals surface area contributed by atoms with Crippen LogP contribution in [0.1, 0.15) is 29.7 Å². The monoisotopic (exact) mass is 282 g/mol. The highest BCUT2D eigenvalue weighted by Crippen LogP contribution is 2.21. The molecule has 0 spiro atoms. The Labute approximate surface area is 128 Å². The normalized spacial score (nSPS) is 12.2. The number of rotatable bonds is 6. The van der Waals surface area contributed by atoms with Gasteiger partial charge in [-0.15, -0.1) is 0 Å². The van der Waals surface area contributed by atoms with Gasteiger partial charge in [-0.3, -0.25) is 0 Å². The average Bonchev–Trinajstić information content (AvgIpc) is 2.48. The van der Waals surface area contributed by atoms with Crippen molar-refractivity contribution in [1.82, 2.24) is 5.32 Å². The summed E-state index contributed by atoms with van der Waals surface area (Å²) in [6.07, 6.45) is 0. The number of hydrogen-bond donors (Lipinski definition) is 1. The van der Waals surface area contributed by atoms with Crippen molar-refractivity contribution in [1.29, 1.82) is 0 Å². The molecule has 0 amide bonds. The molecule has 2 heteroatoms. The van der Waals surface area contributed by atoms with Crippen LogP contribution in [-0.2, 0) is 0 Å². The number of hydrogen-bond acceptors (Lipinski definition) is 2. The van der Waals surface area contributed by atoms with Gasteiger partial charge in [0, 0.05) is 24.8 Å². The van der Waals surface area contributed by atoms with E-state index in [9.17, 15) is 0 Å². The van der Waals surface area contributed by atoms with Gasteiger partial charge in [0.05, 0.1) is 0 Å². The molecule has 0 aromatic heterocycles. The van der Waals surface area contributed by atoms with Crippen LogP contribution in [0.25, 0.3) is 0 Å². The molecule has 0 aliphatic rings. The zero-order valence-corrected chi connectivity index (χ0v) is 13.6. The van der Waals surface area contributed by atoms with Crippen molar-refractivity contribution in [2.75, 3.05) is 25.0 Å². The summed E-state index contributed by atoms with van der Waals surface area (Å²) in [7, 11) is 2.04. The molecule has 2 aromatic carbocycles. The predicted molar refractivity (Wildman–Crippen MR) is 92.0 cm³/mol. The number of para-hydroxylation sites is 1. The third-order valence-electron chi connectivity index (χ3n) is 3.90. The van der Waals surface area contributed by atoms with E-state index >= 15 is 0 Å². The smallest absolute Gasteiger partial charge is 0.0496 e. The molecule has 0 bridgehead atoms. The van der Waals surface area contributed by atoms with E-state index in [2.05, 4.69) is 79.5 Å². The van der Waals surface area contributed by atoms with Crippen LogP contribution in [0.4, 0.5) is 5.69 Å². The first kappa shape index (κ1) is 15.6. The number of nitrogens with zero attached hydrogens (tertiary/aromatic N) is 1. The lowest BCUT2D eigenvalue weighted by Crippen LogP contribution is -2.33. The Morgan fingerprint density at radius 3 is 2.14 bits per heavy atom. The van der Waals surface area contributed by atoms with Crippen molar-refractivity contribution in [2.45, 2.75) is 26.8 Å². The molecule has 1 N–H and O–H groups in total. The Bertz CT molecular complexity index is 543. The Morgan fingerprint density at radius 1 is 1.00 bits per heavy atom. The second-order valence-corrected chi connectivity index (χ2v) is 5.64. The molecular weight excluding hydrogens is 256 g/mol. The maximum Gasteiger partial charge on any atom is 0.0496 e. The SMILES string of the molecule is CCN(CC(NC)c1cc(C)cc(C)c1)c1ccccc1. The lowest BCUT2D eigenvalue weighted by Gasteiger charge is -2.29. The molecule has 0 radical (unpaired) electrons. The highest BCUT2D eigenvalue weighted by atomic mass is 15.1. The minimum Gasteiger partial charge on any atom is -0.370 e. The van der Waals surface area contributed by atoms with Crippen LogP contribution < -0.4 is 10.2 Å². The van der Waals surface area contributed by atoms with Crippen molar-refractivity contribution in [2.24, 2.45) is 0 Å². The standard InChI is InChI=1S/C19H26N2/c1-5-21(18-9-7-6-8-10-18)14-19(20-4)17-12-15(2)11-16(3)13-17/h6-13,19-20H,5,14H2,1-4H3. The van der Waals surface area contributed by atoms with Gasteiger partial charge in [0.15, 0.2) is 0 Å². The predicted octanol–water partition coefficient (Wildman–Crippen LogP) is 4.09. The molecule has 0 aliphatic heterocycles. The van der Waals surface area contributed by atoms with Gasteiger partial charge in [0.25, 0.3) is 0 Å². The first-order chi connectivity index (χ1) is 10.1. The van der Waals surface area contributed by atoms with E-state index in [4.69, 9.17) is 0 Å². The zero-order chi connectivity index (χ0) is 15.2. The first-order valence-electron chi connectivity index (χ1n) is 7.69. The quantitative estimate of drug-likeness (QED) is 0.858. The van der Waals surface area contributed by atoms with Crippen molar-refractivity contribution in [3.05, 3.63) is 65.2 Å². The van der Waals surface area contributed by atoms with E-state index < -0.39 is 0 Å². The molecule has 1 atom stereocenters. The highest BCUT2D eigenvalue weighted by molar-refractivity contribution is 5.46. The minimum atomic E-state index is 0.337. The Balaban J connectivity index is 2.21. The van der Waals surface area contributed by atoms with Gasteiger partial charge in [0.2, 0.25) is 0 Å². The fourth-order valence-electron chi connectivity index (χ4n) is 2.85. The Morgan fingerprint density at radius 2 is 1.62 bits per heavy atom. The summed E-state index contributed by atoms with van der Waals surface area (Å²) in [4.78, 5) is 2.42. The summed E-state index contributed by atoms with van der Waals surface area (Å²) in [6, 6.07) is 17.8. The van der Waals surface area contributed by atoms with Gasteiger partial charge in [-0.2, -0.15) is 0 Å². The zero-order valence-electron chi connectivity index (χ0n) is 13.6. The van der Waals surface area contributed by atoms with Crippen LogP contribution in [-0.4, -0.2) is 20.1 Å². The molecule has 2 aromatic rings. The molecule has 0 heterocycles. The highest BCUT2D eigenvalue weighted by Gasteiger charge is 2.14. The van der Waals surface area contributed by atoms with Crippen LogP contribution in [0, 0.1) is 13.8 Å². The number of aryl methyl sites for hydroxylation is 2. The lowest BCUT2D eigenvalue weighted by atomic mass is 10.0. The summed E-state index contributed by atoms with van der Waals surface area (Å²) < 4.78 is 0. The van der Waals surface area contributed by atoms with Crippen molar-refractivity contribution < 1.29 is 0 Å². The summed E-state index contributed by atoms with van der Waals surface area (Å²) in [6.45, 7) is 8.52. The molecule has 0 aliphatic carbocycles. The van der Waals surface area contributed by atoms with Crippen LogP contribution in [0.5, 0.6) is 0 Å². The molecule has 0 saturated heterocycles. The van der Waals surface area contributed by atoms with E-state index in [-0.39, 0.29) is 0 Å². The largest absolute Gasteiger partial charge is 0.370 e. The Kier molecular flexibility index (Phi) is 5.40. The third kappa shape index (κ3) is 4.08. The van der Waals surface area contributed by atoms with E-state index in [1.54, 1.807) is 0 Å². The lowest BCUT2D eigenvalue weighted by molar-refractivity contribution is 0.576. The molecule has 0 saturated carbocycles. The van der Waals surface area contributed by atoms with Gasteiger partial charge < -0.3 is 10.2 Å². The van der Waals surface area contributed by atoms with Crippen LogP contribution in [0.3, 0.4) is 0 Å². The summed E-state index contributed by atoms with van der Waals surface area (Å²) in [5.41, 5.74) is 5.30.